The van der Waals surface area contributed by atoms with Crippen LogP contribution >= 0.6 is 18.2 Å². The molecule has 12 heteroatoms. The summed E-state index contributed by atoms with van der Waals surface area (Å²) in [7, 11) is 0. The molecule has 0 aliphatic rings. The summed E-state index contributed by atoms with van der Waals surface area (Å²) in [6.45, 7) is 0.439. The van der Waals surface area contributed by atoms with E-state index in [1.807, 2.05) is 12.1 Å². The van der Waals surface area contributed by atoms with Crippen molar-refractivity contribution in [2.24, 2.45) is 5.73 Å². The number of benzene rings is 2. The second-order valence-electron chi connectivity index (χ2n) is 6.13. The van der Waals surface area contributed by atoms with E-state index in [0.717, 1.165) is 0 Å². The van der Waals surface area contributed by atoms with Crippen molar-refractivity contribution in [2.75, 3.05) is 0 Å². The monoisotopic (exact) mass is 488 g/mol. The van der Waals surface area contributed by atoms with Gasteiger partial charge < -0.3 is 30.3 Å². The van der Waals surface area contributed by atoms with Crippen LogP contribution in [0.15, 0.2) is 60.7 Å². The van der Waals surface area contributed by atoms with E-state index in [4.69, 9.17) is 36.2 Å². The molecule has 2 rings (SSSR count). The second kappa shape index (κ2) is 14.9. The van der Waals surface area contributed by atoms with Crippen LogP contribution in [0, 0.1) is 0 Å². The van der Waals surface area contributed by atoms with Crippen LogP contribution in [0.1, 0.15) is 20.8 Å². The summed E-state index contributed by atoms with van der Waals surface area (Å²) in [5.74, 6) is -1.51. The van der Waals surface area contributed by atoms with Gasteiger partial charge in [-0.25, -0.2) is 4.57 Å². The van der Waals surface area contributed by atoms with Gasteiger partial charge in [0.25, 0.3) is 0 Å². The topological polar surface area (TPSA) is 165 Å². The van der Waals surface area contributed by atoms with Crippen molar-refractivity contribution in [3.63, 3.8) is 0 Å². The Kier molecular flexibility index (Phi) is 13.4. The van der Waals surface area contributed by atoms with Crippen molar-refractivity contribution in [3.8, 4) is 11.5 Å². The molecular formula is C20H26ClN2O8P. The van der Waals surface area contributed by atoms with E-state index in [2.05, 4.69) is 5.32 Å². The number of aliphatic carboxylic acids is 2. The minimum Gasteiger partial charge on any atom is -0.480 e. The number of rotatable bonds is 7. The molecule has 0 unspecified atom stereocenters. The molecule has 5 N–H and O–H groups in total. The van der Waals surface area contributed by atoms with Crippen LogP contribution in [0.4, 0.5) is 0 Å². The molecule has 10 nitrogen and oxygen atoms in total. The maximum absolute atomic E-state index is 11.9. The zero-order chi connectivity index (χ0) is 24.7. The third kappa shape index (κ3) is 14.8. The van der Waals surface area contributed by atoms with Crippen molar-refractivity contribution in [2.45, 2.75) is 32.9 Å². The predicted octanol–water partition coefficient (Wildman–Crippen LogP) is 3.51. The highest BCUT2D eigenvalue weighted by Gasteiger charge is 2.24. The summed E-state index contributed by atoms with van der Waals surface area (Å²) in [6.07, 6.45) is 0. The first-order chi connectivity index (χ1) is 14.8. The van der Waals surface area contributed by atoms with E-state index in [0.29, 0.717) is 11.5 Å². The van der Waals surface area contributed by atoms with Crippen molar-refractivity contribution >= 4 is 36.0 Å². The molecule has 0 radical (unpaired) electrons. The highest BCUT2D eigenvalue weighted by molar-refractivity contribution is 7.82. The van der Waals surface area contributed by atoms with E-state index < -0.39 is 31.0 Å². The lowest BCUT2D eigenvalue weighted by atomic mass is 10.3. The highest BCUT2D eigenvalue weighted by Crippen LogP contribution is 2.52. The SMILES string of the molecule is CC(=O)N[C@@H](C)C(=O)O.C[C@H](N)C(=O)O.O=P(Cl)(Oc1ccccc1)Oc1ccccc1. The van der Waals surface area contributed by atoms with Crippen LogP contribution < -0.4 is 20.1 Å². The normalized spacial score (nSPS) is 11.8. The Balaban J connectivity index is 0.000000539. The number of nitrogens with two attached hydrogens (primary N) is 1. The molecule has 0 spiro atoms. The van der Waals surface area contributed by atoms with E-state index in [1.165, 1.54) is 20.8 Å². The molecule has 0 aliphatic heterocycles. The predicted molar refractivity (Wildman–Crippen MR) is 120 cm³/mol. The number of para-hydroxylation sites is 2. The average Bonchev–Trinajstić information content (AvgIpc) is 2.69. The van der Waals surface area contributed by atoms with Gasteiger partial charge in [-0.3, -0.25) is 14.4 Å². The van der Waals surface area contributed by atoms with E-state index in [-0.39, 0.29) is 5.91 Å². The Bertz CT molecular complexity index is 851. The van der Waals surface area contributed by atoms with Gasteiger partial charge in [-0.2, -0.15) is 0 Å². The van der Waals surface area contributed by atoms with Crippen LogP contribution in [-0.2, 0) is 18.9 Å². The van der Waals surface area contributed by atoms with Crippen molar-refractivity contribution in [1.29, 1.82) is 0 Å². The molecule has 0 aliphatic carbocycles. The van der Waals surface area contributed by atoms with E-state index >= 15 is 0 Å². The number of nitrogens with one attached hydrogen (secondary N) is 1. The molecule has 0 bridgehead atoms. The molecule has 0 aromatic heterocycles. The quantitative estimate of drug-likeness (QED) is 0.426. The van der Waals surface area contributed by atoms with Gasteiger partial charge in [-0.05, 0) is 38.1 Å². The van der Waals surface area contributed by atoms with Crippen molar-refractivity contribution < 1.29 is 38.2 Å². The zero-order valence-corrected chi connectivity index (χ0v) is 19.3. The molecule has 2 aromatic carbocycles. The van der Waals surface area contributed by atoms with Crippen LogP contribution in [0.2, 0.25) is 0 Å². The number of hydrogen-bond donors (Lipinski definition) is 4. The Labute approximate surface area is 190 Å². The van der Waals surface area contributed by atoms with Gasteiger partial charge in [-0.1, -0.05) is 36.4 Å². The highest BCUT2D eigenvalue weighted by atomic mass is 35.7. The first-order valence-electron chi connectivity index (χ1n) is 9.11. The summed E-state index contributed by atoms with van der Waals surface area (Å²) in [5, 5.41) is 18.3. The van der Waals surface area contributed by atoms with Gasteiger partial charge in [0.2, 0.25) is 5.91 Å². The minimum atomic E-state index is -3.66. The number of halogens is 1. The Morgan fingerprint density at radius 2 is 1.25 bits per heavy atom. The third-order valence-corrected chi connectivity index (χ3v) is 4.37. The standard InChI is InChI=1S/C12H10ClO3P.C5H9NO3.C3H7NO2/c13-17(14,15-11-7-3-1-4-8-11)16-12-9-5-2-6-10-12;1-3(5(8)9)6-4(2)7;1-2(4)3(5)6/h1-10H;3H,1-2H3,(H,6,7)(H,8,9);2H,4H2,1H3,(H,5,6)/t;3-;2-/m.00/s1. The molecule has 2 atom stereocenters. The number of hydrogen-bond acceptors (Lipinski definition) is 7. The molecule has 0 heterocycles. The molecular weight excluding hydrogens is 463 g/mol. The van der Waals surface area contributed by atoms with Crippen molar-refractivity contribution in [1.82, 2.24) is 5.32 Å². The number of carboxylic acids is 2. The van der Waals surface area contributed by atoms with Crippen LogP contribution in [0.3, 0.4) is 0 Å². The first kappa shape index (κ1) is 28.9. The van der Waals surface area contributed by atoms with Crippen LogP contribution in [-0.4, -0.2) is 40.1 Å². The van der Waals surface area contributed by atoms with Gasteiger partial charge in [0.05, 0.1) is 0 Å². The Hall–Kier alpha value is -3.07. The molecule has 1 amide bonds. The summed E-state index contributed by atoms with van der Waals surface area (Å²) < 4.78 is 22.1. The van der Waals surface area contributed by atoms with Gasteiger partial charge in [0.1, 0.15) is 23.6 Å². The average molecular weight is 489 g/mol. The first-order valence-corrected chi connectivity index (χ1v) is 11.6. The van der Waals surface area contributed by atoms with Gasteiger partial charge >= 0.3 is 18.9 Å². The van der Waals surface area contributed by atoms with E-state index in [9.17, 15) is 18.9 Å². The van der Waals surface area contributed by atoms with Crippen LogP contribution in [0.25, 0.3) is 0 Å². The summed E-state index contributed by atoms with van der Waals surface area (Å²) in [6, 6.07) is 15.8. The van der Waals surface area contributed by atoms with E-state index in [1.54, 1.807) is 48.5 Å². The molecule has 176 valence electrons. The maximum atomic E-state index is 11.9. The Morgan fingerprint density at radius 1 is 0.906 bits per heavy atom. The minimum absolute atomic E-state index is 0.329. The third-order valence-electron chi connectivity index (χ3n) is 3.10. The fourth-order valence-corrected chi connectivity index (χ4v) is 2.86. The van der Waals surface area contributed by atoms with Crippen LogP contribution in [0.5, 0.6) is 11.5 Å². The smallest absolute Gasteiger partial charge is 0.480 e. The molecule has 2 aromatic rings. The number of carbonyl (C=O) groups is 3. The fraction of sp³-hybridized carbons (Fsp3) is 0.250. The number of carbonyl (C=O) groups excluding carboxylic acids is 1. The fourth-order valence-electron chi connectivity index (χ4n) is 1.60. The van der Waals surface area contributed by atoms with Gasteiger partial charge in [0, 0.05) is 18.2 Å². The lowest BCUT2D eigenvalue weighted by molar-refractivity contribution is -0.141. The maximum Gasteiger partial charge on any atom is 0.530 e. The number of amides is 1. The number of carboxylic acid groups (broad SMARTS) is 2. The largest absolute Gasteiger partial charge is 0.530 e. The zero-order valence-electron chi connectivity index (χ0n) is 17.7. The molecule has 0 saturated carbocycles. The summed E-state index contributed by atoms with van der Waals surface area (Å²) in [5.41, 5.74) is 4.84. The molecule has 0 fully saturated rings. The van der Waals surface area contributed by atoms with Crippen molar-refractivity contribution in [3.05, 3.63) is 60.7 Å². The summed E-state index contributed by atoms with van der Waals surface area (Å²) >= 11 is 5.72. The lowest BCUT2D eigenvalue weighted by Gasteiger charge is -2.13. The summed E-state index contributed by atoms with van der Waals surface area (Å²) in [4.78, 5) is 29.8. The Morgan fingerprint density at radius 3 is 1.47 bits per heavy atom. The van der Waals surface area contributed by atoms with Gasteiger partial charge in [0.15, 0.2) is 0 Å². The molecule has 32 heavy (non-hydrogen) atoms. The lowest BCUT2D eigenvalue weighted by Crippen LogP contribution is -2.36. The second-order valence-corrected chi connectivity index (χ2v) is 8.60. The molecule has 0 saturated heterocycles. The van der Waals surface area contributed by atoms with Gasteiger partial charge in [-0.15, -0.1) is 0 Å².